The maximum absolute atomic E-state index is 12.1. The summed E-state index contributed by atoms with van der Waals surface area (Å²) in [4.78, 5) is 16.5. The van der Waals surface area contributed by atoms with Crippen LogP contribution < -0.4 is 11.0 Å². The minimum Gasteiger partial charge on any atom is -0.339 e. The van der Waals surface area contributed by atoms with Gasteiger partial charge in [-0.15, -0.1) is 5.10 Å². The summed E-state index contributed by atoms with van der Waals surface area (Å²) >= 11 is 0. The number of rotatable bonds is 6. The highest BCUT2D eigenvalue weighted by Crippen LogP contribution is 2.03. The lowest BCUT2D eigenvalue weighted by molar-refractivity contribution is 0.362. The van der Waals surface area contributed by atoms with Gasteiger partial charge in [0, 0.05) is 25.1 Å². The molecular formula is C14H18N6O2. The Balaban J connectivity index is 1.69. The molecular weight excluding hydrogens is 284 g/mol. The van der Waals surface area contributed by atoms with Crippen LogP contribution in [0.25, 0.3) is 5.65 Å². The van der Waals surface area contributed by atoms with Crippen molar-refractivity contribution in [3.05, 3.63) is 46.6 Å². The van der Waals surface area contributed by atoms with E-state index in [0.29, 0.717) is 36.7 Å². The van der Waals surface area contributed by atoms with Crippen molar-refractivity contribution in [2.24, 2.45) is 0 Å². The minimum absolute atomic E-state index is 0.167. The van der Waals surface area contributed by atoms with Gasteiger partial charge in [-0.1, -0.05) is 11.2 Å². The Hall–Kier alpha value is -2.48. The van der Waals surface area contributed by atoms with Crippen LogP contribution in [-0.4, -0.2) is 37.4 Å². The van der Waals surface area contributed by atoms with Crippen LogP contribution in [0, 0.1) is 0 Å². The van der Waals surface area contributed by atoms with Crippen molar-refractivity contribution in [1.82, 2.24) is 29.6 Å². The smallest absolute Gasteiger partial charge is 0.339 e. The molecule has 0 bridgehead atoms. The van der Waals surface area contributed by atoms with Gasteiger partial charge in [-0.25, -0.2) is 9.48 Å². The van der Waals surface area contributed by atoms with Crippen molar-refractivity contribution in [3.8, 4) is 0 Å². The monoisotopic (exact) mass is 302 g/mol. The Morgan fingerprint density at radius 3 is 3.05 bits per heavy atom. The lowest BCUT2D eigenvalue weighted by atomic mass is 10.2. The Bertz CT molecular complexity index is 818. The SMILES string of the molecule is CNC(C)Cc1noc(CCn2nc3ccccn3c2=O)n1. The molecule has 1 N–H and O–H groups in total. The molecule has 3 aromatic heterocycles. The summed E-state index contributed by atoms with van der Waals surface area (Å²) in [6.45, 7) is 2.45. The lowest BCUT2D eigenvalue weighted by Gasteiger charge is -2.04. The number of pyridine rings is 1. The van der Waals surface area contributed by atoms with Crippen molar-refractivity contribution in [2.75, 3.05) is 7.05 Å². The first kappa shape index (κ1) is 14.5. The predicted molar refractivity (Wildman–Crippen MR) is 79.7 cm³/mol. The molecule has 0 spiro atoms. The predicted octanol–water partition coefficient (Wildman–Crippen LogP) is 0.272. The molecule has 0 saturated heterocycles. The van der Waals surface area contributed by atoms with E-state index in [1.54, 1.807) is 18.3 Å². The van der Waals surface area contributed by atoms with Gasteiger partial charge >= 0.3 is 5.69 Å². The van der Waals surface area contributed by atoms with E-state index in [1.165, 1.54) is 9.08 Å². The van der Waals surface area contributed by atoms with E-state index < -0.39 is 0 Å². The fraction of sp³-hybridized carbons (Fsp3) is 0.429. The van der Waals surface area contributed by atoms with Gasteiger partial charge in [0.05, 0.1) is 6.54 Å². The average molecular weight is 302 g/mol. The first-order valence-corrected chi connectivity index (χ1v) is 7.20. The zero-order valence-electron chi connectivity index (χ0n) is 12.6. The number of nitrogens with one attached hydrogen (secondary N) is 1. The van der Waals surface area contributed by atoms with Crippen molar-refractivity contribution < 1.29 is 4.52 Å². The van der Waals surface area contributed by atoms with Crippen molar-refractivity contribution in [2.45, 2.75) is 32.4 Å². The summed E-state index contributed by atoms with van der Waals surface area (Å²) in [6.07, 6.45) is 2.88. The molecule has 0 radical (unpaired) electrons. The van der Waals surface area contributed by atoms with Crippen LogP contribution in [0.2, 0.25) is 0 Å². The number of hydrogen-bond donors (Lipinski definition) is 1. The van der Waals surface area contributed by atoms with Crippen LogP contribution in [0.3, 0.4) is 0 Å². The van der Waals surface area contributed by atoms with Crippen LogP contribution in [-0.2, 0) is 19.4 Å². The maximum atomic E-state index is 12.1. The van der Waals surface area contributed by atoms with Gasteiger partial charge in [-0.3, -0.25) is 4.40 Å². The highest BCUT2D eigenvalue weighted by atomic mass is 16.5. The standard InChI is InChI=1S/C14H18N6O2/c1-10(15-2)9-11-16-13(22-18-11)6-8-20-14(21)19-7-4-3-5-12(19)17-20/h3-5,7,10,15H,6,8-9H2,1-2H3. The van der Waals surface area contributed by atoms with E-state index in [9.17, 15) is 4.79 Å². The first-order chi connectivity index (χ1) is 10.7. The Morgan fingerprint density at radius 1 is 1.41 bits per heavy atom. The zero-order chi connectivity index (χ0) is 15.5. The van der Waals surface area contributed by atoms with E-state index in [-0.39, 0.29) is 11.7 Å². The molecule has 22 heavy (non-hydrogen) atoms. The summed E-state index contributed by atoms with van der Waals surface area (Å²) in [7, 11) is 1.89. The third-order valence-corrected chi connectivity index (χ3v) is 3.52. The Kier molecular flexibility index (Phi) is 4.01. The summed E-state index contributed by atoms with van der Waals surface area (Å²) < 4.78 is 8.13. The molecule has 1 unspecified atom stereocenters. The molecule has 0 aromatic carbocycles. The Morgan fingerprint density at radius 2 is 2.27 bits per heavy atom. The third-order valence-electron chi connectivity index (χ3n) is 3.52. The molecule has 8 heteroatoms. The van der Waals surface area contributed by atoms with Gasteiger partial charge in [0.25, 0.3) is 0 Å². The molecule has 8 nitrogen and oxygen atoms in total. The molecule has 116 valence electrons. The highest BCUT2D eigenvalue weighted by molar-refractivity contribution is 5.35. The van der Waals surface area contributed by atoms with E-state index >= 15 is 0 Å². The van der Waals surface area contributed by atoms with E-state index in [2.05, 4.69) is 20.6 Å². The zero-order valence-corrected chi connectivity index (χ0v) is 12.6. The highest BCUT2D eigenvalue weighted by Gasteiger charge is 2.11. The second kappa shape index (κ2) is 6.10. The largest absolute Gasteiger partial charge is 0.350 e. The van der Waals surface area contributed by atoms with Crippen molar-refractivity contribution in [3.63, 3.8) is 0 Å². The van der Waals surface area contributed by atoms with E-state index in [0.717, 1.165) is 0 Å². The lowest BCUT2D eigenvalue weighted by Crippen LogP contribution is -2.24. The summed E-state index contributed by atoms with van der Waals surface area (Å²) in [5.74, 6) is 1.18. The number of nitrogens with zero attached hydrogens (tertiary/aromatic N) is 5. The van der Waals surface area contributed by atoms with Gasteiger partial charge in [0.15, 0.2) is 11.5 Å². The fourth-order valence-electron chi connectivity index (χ4n) is 2.17. The Labute approximate surface area is 126 Å². The second-order valence-electron chi connectivity index (χ2n) is 5.18. The summed E-state index contributed by atoms with van der Waals surface area (Å²) in [5, 5.41) is 11.3. The van der Waals surface area contributed by atoms with Gasteiger partial charge in [-0.05, 0) is 26.1 Å². The minimum atomic E-state index is -0.167. The molecule has 3 rings (SSSR count). The topological polar surface area (TPSA) is 90.3 Å². The van der Waals surface area contributed by atoms with Crippen LogP contribution in [0.4, 0.5) is 0 Å². The number of hydrogen-bond acceptors (Lipinski definition) is 6. The molecule has 0 saturated carbocycles. The number of fused-ring (bicyclic) bond motifs is 1. The van der Waals surface area contributed by atoms with Gasteiger partial charge in [0.1, 0.15) is 0 Å². The third kappa shape index (κ3) is 2.91. The summed E-state index contributed by atoms with van der Waals surface area (Å²) in [5.41, 5.74) is 0.459. The number of likely N-dealkylation sites (N-methyl/N-ethyl adjacent to an activating group) is 1. The molecule has 0 fully saturated rings. The van der Waals surface area contributed by atoms with Crippen LogP contribution >= 0.6 is 0 Å². The van der Waals surface area contributed by atoms with Crippen LogP contribution in [0.1, 0.15) is 18.6 Å². The molecule has 0 amide bonds. The quantitative estimate of drug-likeness (QED) is 0.703. The van der Waals surface area contributed by atoms with Gasteiger partial charge in [-0.2, -0.15) is 4.98 Å². The average Bonchev–Trinajstić information content (AvgIpc) is 3.10. The second-order valence-corrected chi connectivity index (χ2v) is 5.18. The molecule has 3 heterocycles. The van der Waals surface area contributed by atoms with Crippen molar-refractivity contribution >= 4 is 5.65 Å². The van der Waals surface area contributed by atoms with E-state index in [1.807, 2.05) is 20.0 Å². The fourth-order valence-corrected chi connectivity index (χ4v) is 2.17. The van der Waals surface area contributed by atoms with Gasteiger partial charge in [0.2, 0.25) is 5.89 Å². The maximum Gasteiger partial charge on any atom is 0.350 e. The molecule has 0 aliphatic carbocycles. The number of aromatic nitrogens is 5. The normalized spacial score (nSPS) is 12.8. The molecule has 0 aliphatic rings. The van der Waals surface area contributed by atoms with Gasteiger partial charge < -0.3 is 9.84 Å². The van der Waals surface area contributed by atoms with Crippen LogP contribution in [0.5, 0.6) is 0 Å². The van der Waals surface area contributed by atoms with Crippen molar-refractivity contribution in [1.29, 1.82) is 0 Å². The molecule has 3 aromatic rings. The number of aryl methyl sites for hydroxylation is 2. The first-order valence-electron chi connectivity index (χ1n) is 7.20. The molecule has 0 aliphatic heterocycles. The summed E-state index contributed by atoms with van der Waals surface area (Å²) in [6, 6.07) is 5.72. The van der Waals surface area contributed by atoms with Crippen LogP contribution in [0.15, 0.2) is 33.7 Å². The van der Waals surface area contributed by atoms with E-state index in [4.69, 9.17) is 4.52 Å². The molecule has 1 atom stereocenters.